The van der Waals surface area contributed by atoms with Gasteiger partial charge in [-0.3, -0.25) is 29.9 Å². The Labute approximate surface area is 834 Å². The molecule has 137 heavy (non-hydrogen) atoms. The predicted octanol–water partition coefficient (Wildman–Crippen LogP) is 38.2. The van der Waals surface area contributed by atoms with Crippen LogP contribution in [0.4, 0.5) is 0 Å². The molecule has 0 fully saturated rings. The first-order valence-electron chi connectivity index (χ1n) is 45.4. The summed E-state index contributed by atoms with van der Waals surface area (Å²) in [5.74, 6) is 5.46. The van der Waals surface area contributed by atoms with Crippen molar-refractivity contribution < 1.29 is 0 Å². The van der Waals surface area contributed by atoms with Crippen molar-refractivity contribution >= 4 is 0 Å². The molecule has 0 spiro atoms. The number of nitrogens with zero attached hydrogens (tertiary/aromatic N) is 10. The molecule has 0 radical (unpaired) electrons. The molecule has 0 amide bonds. The highest BCUT2D eigenvalue weighted by atomic mass is 14.9. The second kappa shape index (κ2) is 66.3. The van der Waals surface area contributed by atoms with E-state index >= 15 is 0 Å². The zero-order valence-electron chi connectivity index (χ0n) is 80.2. The van der Waals surface area contributed by atoms with Crippen LogP contribution in [0.15, 0.2) is 352 Å². The van der Waals surface area contributed by atoms with E-state index in [0.717, 1.165) is 108 Å². The van der Waals surface area contributed by atoms with E-state index in [4.69, 9.17) is 19.9 Å². The standard InChI is InChI=1S/2C20H19N.C19H18N2.C14H15N.2C10H15N.C9H13N.2C8H11N.9CH4/c1-15(2)18-13-19(16-9-5-3-6-10-16)21-20(14-18)17-11-7-4-8-12-17;1-15(2)18-13-14-19(16-9-5-3-6-10-16)21-20(18)17-11-7-4-8-12-17;1-14(2)17-13-18(15-9-5-3-6-10-15)21-19(20-17)16-11-7-4-8-12-16;1-11(2)13-9-6-10-14(15-13)12-7-4-3-5-8-12;1-7(2)10-5-8(3)11-9(4)6-10;1-7(2)10-6-5-8(3)11-9(10)4;1-7(2)9-6-4-5-8(3)10-9;1-7(2)8-4-3-5-9-6-8;1-7(2)8-5-3-4-6-9-8;;;;;;;;;/h2*3-15H,1-2H3;3-14H,1-2H3;3-11H,1-2H3;2*5-7H,1-4H3;4-7H,1-3H3;2*3-7H,1-2H3;9*1H4. The summed E-state index contributed by atoms with van der Waals surface area (Å²) in [6.07, 6.45) is 5.53. The number of hydrogen-bond donors (Lipinski definition) is 0. The first-order valence-corrected chi connectivity index (χ1v) is 45.4. The molecule has 7 aromatic carbocycles. The molecule has 0 unspecified atom stereocenters. The predicted molar refractivity (Wildman–Crippen MR) is 605 cm³/mol. The normalized spacial score (nSPS) is 9.93. The Kier molecular flexibility index (Phi) is 60.9. The average Bonchev–Trinajstić information content (AvgIpc) is 0.816. The molecule has 9 heterocycles. The fourth-order valence-corrected chi connectivity index (χ4v) is 13.5. The fraction of sp³-hybridized carbons (Fsp3) is 0.323. The highest BCUT2D eigenvalue weighted by Crippen LogP contribution is 2.33. The van der Waals surface area contributed by atoms with Gasteiger partial charge in [0, 0.05) is 109 Å². The van der Waals surface area contributed by atoms with Crippen molar-refractivity contribution in [3.05, 3.63) is 431 Å². The van der Waals surface area contributed by atoms with Gasteiger partial charge >= 0.3 is 0 Å². The summed E-state index contributed by atoms with van der Waals surface area (Å²) in [5, 5.41) is 0. The van der Waals surface area contributed by atoms with E-state index in [1.54, 1.807) is 6.20 Å². The van der Waals surface area contributed by atoms with Gasteiger partial charge < -0.3 is 0 Å². The molecule has 730 valence electrons. The van der Waals surface area contributed by atoms with Gasteiger partial charge in [-0.1, -0.05) is 440 Å². The van der Waals surface area contributed by atoms with Crippen molar-refractivity contribution in [2.24, 2.45) is 0 Å². The lowest BCUT2D eigenvalue weighted by Crippen LogP contribution is -1.99. The third kappa shape index (κ3) is 42.7. The molecule has 9 aromatic heterocycles. The number of aryl methyl sites for hydroxylation is 5. The lowest BCUT2D eigenvalue weighted by atomic mass is 9.96. The maximum absolute atomic E-state index is 4.93. The first kappa shape index (κ1) is 126. The third-order valence-electron chi connectivity index (χ3n) is 21.0. The number of rotatable bonds is 16. The van der Waals surface area contributed by atoms with Crippen LogP contribution >= 0.6 is 0 Å². The quantitative estimate of drug-likeness (QED) is 0.0922. The molecule has 0 aliphatic carbocycles. The van der Waals surface area contributed by atoms with Gasteiger partial charge in [0.05, 0.1) is 34.2 Å². The molecule has 10 nitrogen and oxygen atoms in total. The molecule has 0 atom stereocenters. The van der Waals surface area contributed by atoms with Crippen LogP contribution in [0.2, 0.25) is 0 Å². The number of pyridine rings is 8. The molecule has 0 saturated heterocycles. The van der Waals surface area contributed by atoms with E-state index in [0.29, 0.717) is 53.3 Å². The second-order valence-electron chi connectivity index (χ2n) is 34.8. The maximum atomic E-state index is 4.93. The molecule has 0 aliphatic heterocycles. The topological polar surface area (TPSA) is 129 Å². The van der Waals surface area contributed by atoms with Gasteiger partial charge in [-0.15, -0.1) is 0 Å². The molecule has 0 saturated carbocycles. The van der Waals surface area contributed by atoms with Crippen LogP contribution in [0, 0.1) is 34.6 Å². The van der Waals surface area contributed by atoms with E-state index in [1.807, 2.05) is 161 Å². The Bertz CT molecular complexity index is 5520. The summed E-state index contributed by atoms with van der Waals surface area (Å²) < 4.78 is 0. The molecule has 0 N–H and O–H groups in total. The average molecular weight is 1840 g/mol. The minimum absolute atomic E-state index is 0. The second-order valence-corrected chi connectivity index (χ2v) is 34.8. The minimum Gasteiger partial charge on any atom is -0.264 e. The monoisotopic (exact) mass is 1840 g/mol. The van der Waals surface area contributed by atoms with E-state index in [1.165, 1.54) is 50.3 Å². The van der Waals surface area contributed by atoms with Gasteiger partial charge in [-0.25, -0.2) is 19.9 Å². The van der Waals surface area contributed by atoms with E-state index in [9.17, 15) is 0 Å². The molecular formula is C127H172N10. The first-order chi connectivity index (χ1) is 61.5. The Hall–Kier alpha value is -13.2. The number of aromatic nitrogens is 10. The molecule has 0 aliphatic rings. The molecule has 0 bridgehead atoms. The summed E-state index contributed by atoms with van der Waals surface area (Å²) in [6.45, 7) is 49.4. The summed E-state index contributed by atoms with van der Waals surface area (Å²) in [4.78, 5) is 45.2. The van der Waals surface area contributed by atoms with Crippen molar-refractivity contribution in [1.82, 2.24) is 49.8 Å². The molecular weight excluding hydrogens is 1670 g/mol. The summed E-state index contributed by atoms with van der Waals surface area (Å²) in [5.41, 5.74) is 31.1. The highest BCUT2D eigenvalue weighted by molar-refractivity contribution is 5.71. The Morgan fingerprint density at radius 2 is 0.547 bits per heavy atom. The zero-order chi connectivity index (χ0) is 92.4. The van der Waals surface area contributed by atoms with E-state index < -0.39 is 0 Å². The molecule has 16 aromatic rings. The number of hydrogen-bond acceptors (Lipinski definition) is 10. The van der Waals surface area contributed by atoms with Crippen molar-refractivity contribution in [2.75, 3.05) is 0 Å². The van der Waals surface area contributed by atoms with Crippen LogP contribution in [-0.4, -0.2) is 49.8 Å². The Morgan fingerprint density at radius 3 is 0.905 bits per heavy atom. The third-order valence-corrected chi connectivity index (χ3v) is 21.0. The maximum Gasteiger partial charge on any atom is 0.160 e. The summed E-state index contributed by atoms with van der Waals surface area (Å²) in [7, 11) is 0. The number of benzene rings is 7. The summed E-state index contributed by atoms with van der Waals surface area (Å²) in [6, 6.07) is 114. The zero-order valence-corrected chi connectivity index (χ0v) is 80.2. The lowest BCUT2D eigenvalue weighted by Gasteiger charge is -2.14. The van der Waals surface area contributed by atoms with Crippen molar-refractivity contribution in [3.63, 3.8) is 0 Å². The van der Waals surface area contributed by atoms with Gasteiger partial charge in [0.15, 0.2) is 5.82 Å². The SMILES string of the molecule is C.C.C.C.C.C.C.C.C.CC(C)c1cc(-c2ccccc2)nc(-c2ccccc2)c1.CC(C)c1cc(-c2ccccc2)nc(-c2ccccc2)n1.CC(C)c1ccc(-c2ccccc2)nc1-c1ccccc1.CC(C)c1cccc(-c2ccccc2)n1.CC(C)c1ccccn1.CC(C)c1cccnc1.Cc1cc(C(C)C)cc(C)n1.Cc1ccc(C(C)C)c(C)n1.Cc1cccc(C(C)C)n1. The fourth-order valence-electron chi connectivity index (χ4n) is 13.5. The van der Waals surface area contributed by atoms with Gasteiger partial charge in [-0.2, -0.15) is 0 Å². The van der Waals surface area contributed by atoms with Crippen LogP contribution < -0.4 is 0 Å². The lowest BCUT2D eigenvalue weighted by molar-refractivity contribution is 0.815. The molecule has 16 rings (SSSR count). The minimum atomic E-state index is 0. The largest absolute Gasteiger partial charge is 0.264 e. The van der Waals surface area contributed by atoms with Crippen molar-refractivity contribution in [1.29, 1.82) is 0 Å². The van der Waals surface area contributed by atoms with Crippen LogP contribution in [0.3, 0.4) is 0 Å². The van der Waals surface area contributed by atoms with Gasteiger partial charge in [-0.05, 0) is 201 Å². The van der Waals surface area contributed by atoms with E-state index in [2.05, 4.69) is 374 Å². The van der Waals surface area contributed by atoms with Crippen LogP contribution in [0.5, 0.6) is 0 Å². The highest BCUT2D eigenvalue weighted by Gasteiger charge is 2.16. The summed E-state index contributed by atoms with van der Waals surface area (Å²) >= 11 is 0. The smallest absolute Gasteiger partial charge is 0.160 e. The van der Waals surface area contributed by atoms with Crippen molar-refractivity contribution in [3.8, 4) is 78.9 Å². The molecule has 10 heteroatoms. The Morgan fingerprint density at radius 1 is 0.190 bits per heavy atom. The Balaban J connectivity index is 0. The van der Waals surface area contributed by atoms with Gasteiger partial charge in [0.25, 0.3) is 0 Å². The van der Waals surface area contributed by atoms with Crippen LogP contribution in [0.25, 0.3) is 78.9 Å². The van der Waals surface area contributed by atoms with Crippen LogP contribution in [-0.2, 0) is 0 Å². The van der Waals surface area contributed by atoms with Gasteiger partial charge in [0.1, 0.15) is 0 Å². The van der Waals surface area contributed by atoms with Crippen molar-refractivity contribution in [2.45, 2.75) is 279 Å². The van der Waals surface area contributed by atoms with Gasteiger partial charge in [0.2, 0.25) is 0 Å². The van der Waals surface area contributed by atoms with E-state index in [-0.39, 0.29) is 66.8 Å². The van der Waals surface area contributed by atoms with Crippen LogP contribution in [0.1, 0.15) is 324 Å².